The molecule has 0 aromatic carbocycles. The molecule has 2 heterocycles. The van der Waals surface area contributed by atoms with Crippen molar-refractivity contribution in [3.05, 3.63) is 64.3 Å². The summed E-state index contributed by atoms with van der Waals surface area (Å²) >= 11 is 0. The van der Waals surface area contributed by atoms with E-state index in [0.29, 0.717) is 6.54 Å². The molecule has 0 fully saturated rings. The smallest absolute Gasteiger partial charge is 0.250 e. The predicted octanol–water partition coefficient (Wildman–Crippen LogP) is 1.60. The third-order valence-electron chi connectivity index (χ3n) is 2.22. The van der Waals surface area contributed by atoms with Crippen LogP contribution < -0.4 is 5.56 Å². The lowest BCUT2D eigenvalue weighted by molar-refractivity contribution is 0.755. The van der Waals surface area contributed by atoms with Crippen LogP contribution in [0, 0.1) is 6.92 Å². The second-order valence-corrected chi connectivity index (χ2v) is 3.47. The van der Waals surface area contributed by atoms with Crippen molar-refractivity contribution in [2.75, 3.05) is 0 Å². The first-order chi connectivity index (χ1) is 7.25. The number of aryl methyl sites for hydroxylation is 1. The lowest BCUT2D eigenvalue weighted by Gasteiger charge is -2.04. The molecule has 2 aromatic heterocycles. The SMILES string of the molecule is Cc1ccc(Cn2ccccc2=O)cn1. The third-order valence-corrected chi connectivity index (χ3v) is 2.22. The minimum Gasteiger partial charge on any atom is -0.311 e. The van der Waals surface area contributed by atoms with Crippen LogP contribution in [-0.2, 0) is 6.54 Å². The number of hydrogen-bond acceptors (Lipinski definition) is 2. The van der Waals surface area contributed by atoms with Crippen LogP contribution in [0.4, 0.5) is 0 Å². The molecule has 0 radical (unpaired) electrons. The summed E-state index contributed by atoms with van der Waals surface area (Å²) in [6.45, 7) is 2.52. The van der Waals surface area contributed by atoms with E-state index in [9.17, 15) is 4.79 Å². The van der Waals surface area contributed by atoms with Gasteiger partial charge in [-0.3, -0.25) is 9.78 Å². The standard InChI is InChI=1S/C12H12N2O/c1-10-5-6-11(8-13-10)9-14-7-3-2-4-12(14)15/h2-8H,9H2,1H3. The minimum absolute atomic E-state index is 0.0121. The van der Waals surface area contributed by atoms with Gasteiger partial charge in [0.25, 0.3) is 5.56 Å². The van der Waals surface area contributed by atoms with Crippen LogP contribution >= 0.6 is 0 Å². The Hall–Kier alpha value is -1.90. The van der Waals surface area contributed by atoms with Gasteiger partial charge in [0, 0.05) is 24.2 Å². The topological polar surface area (TPSA) is 34.9 Å². The van der Waals surface area contributed by atoms with Gasteiger partial charge in [0.05, 0.1) is 6.54 Å². The highest BCUT2D eigenvalue weighted by Gasteiger charge is 1.96. The number of aromatic nitrogens is 2. The lowest BCUT2D eigenvalue weighted by atomic mass is 10.2. The summed E-state index contributed by atoms with van der Waals surface area (Å²) in [6, 6.07) is 9.09. The first-order valence-electron chi connectivity index (χ1n) is 4.83. The molecular formula is C12H12N2O. The Bertz CT molecular complexity index is 500. The fourth-order valence-corrected chi connectivity index (χ4v) is 1.38. The van der Waals surface area contributed by atoms with Crippen molar-refractivity contribution < 1.29 is 0 Å². The maximum atomic E-state index is 11.4. The molecule has 3 heteroatoms. The van der Waals surface area contributed by atoms with Crippen molar-refractivity contribution in [1.29, 1.82) is 0 Å². The molecule has 2 rings (SSSR count). The van der Waals surface area contributed by atoms with Gasteiger partial charge in [0.2, 0.25) is 0 Å². The molecule has 0 atom stereocenters. The van der Waals surface area contributed by atoms with Crippen molar-refractivity contribution in [3.63, 3.8) is 0 Å². The van der Waals surface area contributed by atoms with Crippen LogP contribution in [0.1, 0.15) is 11.3 Å². The zero-order valence-corrected chi connectivity index (χ0v) is 8.55. The van der Waals surface area contributed by atoms with E-state index < -0.39 is 0 Å². The van der Waals surface area contributed by atoms with E-state index in [4.69, 9.17) is 0 Å². The third kappa shape index (κ3) is 2.31. The summed E-state index contributed by atoms with van der Waals surface area (Å²) in [4.78, 5) is 15.6. The molecule has 0 N–H and O–H groups in total. The number of nitrogens with zero attached hydrogens (tertiary/aromatic N) is 2. The van der Waals surface area contributed by atoms with E-state index in [-0.39, 0.29) is 5.56 Å². The van der Waals surface area contributed by atoms with Crippen LogP contribution in [0.2, 0.25) is 0 Å². The van der Waals surface area contributed by atoms with Crippen LogP contribution in [-0.4, -0.2) is 9.55 Å². The minimum atomic E-state index is 0.0121. The number of rotatable bonds is 2. The fourth-order valence-electron chi connectivity index (χ4n) is 1.38. The average Bonchev–Trinajstić information content (AvgIpc) is 2.25. The lowest BCUT2D eigenvalue weighted by Crippen LogP contribution is -2.18. The van der Waals surface area contributed by atoms with Crippen molar-refractivity contribution >= 4 is 0 Å². The maximum absolute atomic E-state index is 11.4. The zero-order valence-electron chi connectivity index (χ0n) is 8.55. The molecule has 0 aliphatic carbocycles. The molecule has 0 spiro atoms. The van der Waals surface area contributed by atoms with Crippen molar-refractivity contribution in [3.8, 4) is 0 Å². The molecule has 3 nitrogen and oxygen atoms in total. The highest BCUT2D eigenvalue weighted by Crippen LogP contribution is 2.00. The highest BCUT2D eigenvalue weighted by molar-refractivity contribution is 5.13. The molecular weight excluding hydrogens is 188 g/mol. The van der Waals surface area contributed by atoms with Gasteiger partial charge in [-0.25, -0.2) is 0 Å². The summed E-state index contributed by atoms with van der Waals surface area (Å²) in [5.74, 6) is 0. The largest absolute Gasteiger partial charge is 0.311 e. The van der Waals surface area contributed by atoms with Gasteiger partial charge in [-0.1, -0.05) is 12.1 Å². The van der Waals surface area contributed by atoms with Crippen LogP contribution in [0.5, 0.6) is 0 Å². The van der Waals surface area contributed by atoms with Crippen molar-refractivity contribution in [2.45, 2.75) is 13.5 Å². The van der Waals surface area contributed by atoms with Gasteiger partial charge >= 0.3 is 0 Å². The molecule has 2 aromatic rings. The Morgan fingerprint density at radius 1 is 1.27 bits per heavy atom. The van der Waals surface area contributed by atoms with E-state index in [2.05, 4.69) is 4.98 Å². The van der Waals surface area contributed by atoms with Crippen molar-refractivity contribution in [2.24, 2.45) is 0 Å². The summed E-state index contributed by atoms with van der Waals surface area (Å²) < 4.78 is 1.66. The molecule has 15 heavy (non-hydrogen) atoms. The second-order valence-electron chi connectivity index (χ2n) is 3.47. The summed E-state index contributed by atoms with van der Waals surface area (Å²) in [7, 11) is 0. The van der Waals surface area contributed by atoms with Crippen LogP contribution in [0.15, 0.2) is 47.5 Å². The molecule has 0 saturated heterocycles. The molecule has 76 valence electrons. The Labute approximate surface area is 88.0 Å². The van der Waals surface area contributed by atoms with Crippen LogP contribution in [0.25, 0.3) is 0 Å². The van der Waals surface area contributed by atoms with Crippen LogP contribution in [0.3, 0.4) is 0 Å². The quantitative estimate of drug-likeness (QED) is 0.738. The second kappa shape index (κ2) is 4.09. The van der Waals surface area contributed by atoms with E-state index in [0.717, 1.165) is 11.3 Å². The van der Waals surface area contributed by atoms with E-state index in [1.807, 2.05) is 25.1 Å². The fraction of sp³-hybridized carbons (Fsp3) is 0.167. The summed E-state index contributed by atoms with van der Waals surface area (Å²) in [5.41, 5.74) is 2.03. The Balaban J connectivity index is 2.26. The molecule has 0 bridgehead atoms. The van der Waals surface area contributed by atoms with Gasteiger partial charge < -0.3 is 4.57 Å². The van der Waals surface area contributed by atoms with Gasteiger partial charge in [0.1, 0.15) is 0 Å². The molecule has 0 amide bonds. The molecule has 0 aliphatic heterocycles. The normalized spacial score (nSPS) is 10.2. The zero-order chi connectivity index (χ0) is 10.7. The van der Waals surface area contributed by atoms with Gasteiger partial charge in [-0.2, -0.15) is 0 Å². The molecule has 0 unspecified atom stereocenters. The first kappa shape index (κ1) is 9.65. The molecule has 0 aliphatic rings. The Kier molecular flexibility index (Phi) is 2.63. The molecule has 0 saturated carbocycles. The monoisotopic (exact) mass is 200 g/mol. The summed E-state index contributed by atoms with van der Waals surface area (Å²) in [6.07, 6.45) is 3.58. The summed E-state index contributed by atoms with van der Waals surface area (Å²) in [5, 5.41) is 0. The predicted molar refractivity (Wildman–Crippen MR) is 58.8 cm³/mol. The van der Waals surface area contributed by atoms with Gasteiger partial charge in [-0.15, -0.1) is 0 Å². The average molecular weight is 200 g/mol. The Morgan fingerprint density at radius 3 is 2.80 bits per heavy atom. The first-order valence-corrected chi connectivity index (χ1v) is 4.83. The highest BCUT2D eigenvalue weighted by atomic mass is 16.1. The number of pyridine rings is 2. The van der Waals surface area contributed by atoms with E-state index in [1.54, 1.807) is 29.1 Å². The Morgan fingerprint density at radius 2 is 2.13 bits per heavy atom. The number of hydrogen-bond donors (Lipinski definition) is 0. The van der Waals surface area contributed by atoms with Gasteiger partial charge in [0.15, 0.2) is 0 Å². The van der Waals surface area contributed by atoms with Gasteiger partial charge in [-0.05, 0) is 24.6 Å². The van der Waals surface area contributed by atoms with E-state index in [1.165, 1.54) is 0 Å². The van der Waals surface area contributed by atoms with E-state index >= 15 is 0 Å². The van der Waals surface area contributed by atoms with Crippen molar-refractivity contribution in [1.82, 2.24) is 9.55 Å². The maximum Gasteiger partial charge on any atom is 0.250 e.